The molecule has 1 unspecified atom stereocenters. The molecule has 5 heteroatoms. The summed E-state index contributed by atoms with van der Waals surface area (Å²) in [6.45, 7) is 2.96. The van der Waals surface area contributed by atoms with E-state index < -0.39 is 12.0 Å². The molecule has 19 heavy (non-hydrogen) atoms. The van der Waals surface area contributed by atoms with Gasteiger partial charge < -0.3 is 15.7 Å². The number of nitrogens with two attached hydrogens (primary N) is 1. The predicted octanol–water partition coefficient (Wildman–Crippen LogP) is 1.35. The van der Waals surface area contributed by atoms with Crippen molar-refractivity contribution in [3.8, 4) is 0 Å². The van der Waals surface area contributed by atoms with E-state index in [0.29, 0.717) is 19.5 Å². The van der Waals surface area contributed by atoms with Crippen molar-refractivity contribution in [1.82, 2.24) is 4.90 Å². The molecule has 0 radical (unpaired) electrons. The number of fused-ring (bicyclic) bond motifs is 1. The molecular weight excluding hydrogens is 244 g/mol. The van der Waals surface area contributed by atoms with Crippen LogP contribution in [0.15, 0.2) is 18.2 Å². The Morgan fingerprint density at radius 1 is 1.37 bits per heavy atom. The summed E-state index contributed by atoms with van der Waals surface area (Å²) < 4.78 is 0. The van der Waals surface area contributed by atoms with E-state index in [9.17, 15) is 9.59 Å². The van der Waals surface area contributed by atoms with E-state index in [0.717, 1.165) is 17.5 Å². The number of hydrogen-bond acceptors (Lipinski definition) is 3. The first-order valence-corrected chi connectivity index (χ1v) is 6.42. The second kappa shape index (κ2) is 5.40. The van der Waals surface area contributed by atoms with E-state index >= 15 is 0 Å². The first kappa shape index (κ1) is 13.5. The molecular formula is C14H18N2O3. The standard InChI is InChI=1S/C14H18N2O3/c1-2-3-12(15)13(17)16-7-10-5-4-9(14(18)19)6-11(10)8-16/h4-6,12H,2-3,7-8,15H2,1H3,(H,18,19). The molecule has 2 rings (SSSR count). The van der Waals surface area contributed by atoms with Crippen molar-refractivity contribution in [2.45, 2.75) is 38.9 Å². The van der Waals surface area contributed by atoms with Gasteiger partial charge in [-0.1, -0.05) is 19.4 Å². The number of carbonyl (C=O) groups is 2. The zero-order valence-electron chi connectivity index (χ0n) is 10.9. The third-order valence-corrected chi connectivity index (χ3v) is 3.40. The lowest BCUT2D eigenvalue weighted by atomic mass is 10.1. The number of hydrogen-bond donors (Lipinski definition) is 2. The first-order valence-electron chi connectivity index (χ1n) is 6.42. The molecule has 3 N–H and O–H groups in total. The van der Waals surface area contributed by atoms with Crippen molar-refractivity contribution in [3.63, 3.8) is 0 Å². The minimum Gasteiger partial charge on any atom is -0.478 e. The number of benzene rings is 1. The highest BCUT2D eigenvalue weighted by Crippen LogP contribution is 2.24. The Morgan fingerprint density at radius 2 is 2.05 bits per heavy atom. The van der Waals surface area contributed by atoms with Crippen LogP contribution in [0.2, 0.25) is 0 Å². The van der Waals surface area contributed by atoms with Crippen LogP contribution in [0.1, 0.15) is 41.3 Å². The fraction of sp³-hybridized carbons (Fsp3) is 0.429. The minimum absolute atomic E-state index is 0.0603. The maximum Gasteiger partial charge on any atom is 0.335 e. The van der Waals surface area contributed by atoms with Gasteiger partial charge in [0.05, 0.1) is 11.6 Å². The van der Waals surface area contributed by atoms with Crippen LogP contribution in [0.3, 0.4) is 0 Å². The van der Waals surface area contributed by atoms with Gasteiger partial charge in [-0.15, -0.1) is 0 Å². The summed E-state index contributed by atoms with van der Waals surface area (Å²) in [5.74, 6) is -1.01. The van der Waals surface area contributed by atoms with Crippen molar-refractivity contribution in [2.24, 2.45) is 5.73 Å². The smallest absolute Gasteiger partial charge is 0.335 e. The molecule has 1 aromatic rings. The SMILES string of the molecule is CCCC(N)C(=O)N1Cc2ccc(C(=O)O)cc2C1. The Bertz CT molecular complexity index is 513. The van der Waals surface area contributed by atoms with E-state index in [-0.39, 0.29) is 11.5 Å². The van der Waals surface area contributed by atoms with Crippen molar-refractivity contribution >= 4 is 11.9 Å². The lowest BCUT2D eigenvalue weighted by Gasteiger charge is -2.19. The van der Waals surface area contributed by atoms with Crippen molar-refractivity contribution < 1.29 is 14.7 Å². The zero-order valence-corrected chi connectivity index (χ0v) is 10.9. The van der Waals surface area contributed by atoms with Gasteiger partial charge in [-0.05, 0) is 29.7 Å². The lowest BCUT2D eigenvalue weighted by molar-refractivity contribution is -0.133. The van der Waals surface area contributed by atoms with Gasteiger partial charge in [0.15, 0.2) is 0 Å². The summed E-state index contributed by atoms with van der Waals surface area (Å²) in [5.41, 5.74) is 7.99. The minimum atomic E-state index is -0.949. The average Bonchev–Trinajstić information content (AvgIpc) is 2.80. The Labute approximate surface area is 112 Å². The van der Waals surface area contributed by atoms with Crippen LogP contribution in [0, 0.1) is 0 Å². The lowest BCUT2D eigenvalue weighted by Crippen LogP contribution is -2.41. The fourth-order valence-corrected chi connectivity index (χ4v) is 2.35. The molecule has 0 aromatic heterocycles. The van der Waals surface area contributed by atoms with Crippen molar-refractivity contribution in [3.05, 3.63) is 34.9 Å². The molecule has 0 aliphatic carbocycles. The van der Waals surface area contributed by atoms with E-state index in [1.807, 2.05) is 6.92 Å². The number of aromatic carboxylic acids is 1. The average molecular weight is 262 g/mol. The molecule has 1 atom stereocenters. The molecule has 5 nitrogen and oxygen atoms in total. The molecule has 102 valence electrons. The molecule has 0 saturated heterocycles. The molecule has 1 aromatic carbocycles. The number of carboxylic acid groups (broad SMARTS) is 1. The highest BCUT2D eigenvalue weighted by Gasteiger charge is 2.27. The Balaban J connectivity index is 2.12. The van der Waals surface area contributed by atoms with Crippen LogP contribution in [0.25, 0.3) is 0 Å². The van der Waals surface area contributed by atoms with Crippen LogP contribution in [0.5, 0.6) is 0 Å². The molecule has 0 spiro atoms. The number of amides is 1. The third-order valence-electron chi connectivity index (χ3n) is 3.40. The summed E-state index contributed by atoms with van der Waals surface area (Å²) in [4.78, 5) is 24.7. The van der Waals surface area contributed by atoms with Crippen LogP contribution in [-0.2, 0) is 17.9 Å². The second-order valence-electron chi connectivity index (χ2n) is 4.88. The monoisotopic (exact) mass is 262 g/mol. The molecule has 1 aliphatic heterocycles. The van der Waals surface area contributed by atoms with E-state index in [1.54, 1.807) is 23.1 Å². The van der Waals surface area contributed by atoms with Gasteiger partial charge in [-0.3, -0.25) is 4.79 Å². The van der Waals surface area contributed by atoms with Gasteiger partial charge in [-0.25, -0.2) is 4.79 Å². The van der Waals surface area contributed by atoms with Gasteiger partial charge in [-0.2, -0.15) is 0 Å². The molecule has 1 heterocycles. The van der Waals surface area contributed by atoms with Crippen molar-refractivity contribution in [2.75, 3.05) is 0 Å². The number of nitrogens with zero attached hydrogens (tertiary/aromatic N) is 1. The highest BCUT2D eigenvalue weighted by atomic mass is 16.4. The number of rotatable bonds is 4. The summed E-state index contributed by atoms with van der Waals surface area (Å²) in [5, 5.41) is 8.95. The largest absolute Gasteiger partial charge is 0.478 e. The van der Waals surface area contributed by atoms with Crippen LogP contribution >= 0.6 is 0 Å². The first-order chi connectivity index (χ1) is 9.02. The van der Waals surface area contributed by atoms with E-state index in [1.165, 1.54) is 0 Å². The topological polar surface area (TPSA) is 83.6 Å². The Kier molecular flexibility index (Phi) is 3.85. The van der Waals surface area contributed by atoms with Gasteiger partial charge in [0.1, 0.15) is 0 Å². The van der Waals surface area contributed by atoms with E-state index in [4.69, 9.17) is 10.8 Å². The summed E-state index contributed by atoms with van der Waals surface area (Å²) >= 11 is 0. The van der Waals surface area contributed by atoms with Crippen LogP contribution in [0.4, 0.5) is 0 Å². The van der Waals surface area contributed by atoms with Gasteiger partial charge in [0.25, 0.3) is 0 Å². The molecule has 1 aliphatic rings. The number of carboxylic acids is 1. The summed E-state index contributed by atoms with van der Waals surface area (Å²) in [7, 11) is 0. The second-order valence-corrected chi connectivity index (χ2v) is 4.88. The highest BCUT2D eigenvalue weighted by molar-refractivity contribution is 5.88. The quantitative estimate of drug-likeness (QED) is 0.858. The third kappa shape index (κ3) is 2.76. The van der Waals surface area contributed by atoms with Gasteiger partial charge in [0.2, 0.25) is 5.91 Å². The molecule has 0 bridgehead atoms. The van der Waals surface area contributed by atoms with Crippen molar-refractivity contribution in [1.29, 1.82) is 0 Å². The molecule has 0 saturated carbocycles. The predicted molar refractivity (Wildman–Crippen MR) is 70.5 cm³/mol. The summed E-state index contributed by atoms with van der Waals surface area (Å²) in [6.07, 6.45) is 1.54. The maximum atomic E-state index is 12.1. The molecule has 0 fully saturated rings. The summed E-state index contributed by atoms with van der Waals surface area (Å²) in [6, 6.07) is 4.52. The van der Waals surface area contributed by atoms with Crippen LogP contribution < -0.4 is 5.73 Å². The Hall–Kier alpha value is -1.88. The maximum absolute atomic E-state index is 12.1. The van der Waals surface area contributed by atoms with Gasteiger partial charge >= 0.3 is 5.97 Å². The van der Waals surface area contributed by atoms with E-state index in [2.05, 4.69) is 0 Å². The van der Waals surface area contributed by atoms with Gasteiger partial charge in [0, 0.05) is 13.1 Å². The molecule has 1 amide bonds. The Morgan fingerprint density at radius 3 is 2.68 bits per heavy atom. The van der Waals surface area contributed by atoms with Crippen LogP contribution in [-0.4, -0.2) is 27.9 Å². The number of carbonyl (C=O) groups excluding carboxylic acids is 1. The normalized spacial score (nSPS) is 15.2. The fourth-order valence-electron chi connectivity index (χ4n) is 2.35. The zero-order chi connectivity index (χ0) is 14.0.